The van der Waals surface area contributed by atoms with E-state index in [0.29, 0.717) is 17.1 Å². The lowest BCUT2D eigenvalue weighted by Gasteiger charge is -2.39. The van der Waals surface area contributed by atoms with Gasteiger partial charge in [-0.3, -0.25) is 14.3 Å². The number of hydrogen-bond donors (Lipinski definition) is 1. The number of aromatic nitrogens is 2. The van der Waals surface area contributed by atoms with Crippen LogP contribution < -0.4 is 20.7 Å². The van der Waals surface area contributed by atoms with Crippen molar-refractivity contribution in [2.45, 2.75) is 83.3 Å². The van der Waals surface area contributed by atoms with Gasteiger partial charge in [0.15, 0.2) is 6.23 Å². The summed E-state index contributed by atoms with van der Waals surface area (Å²) < 4.78 is 47.9. The van der Waals surface area contributed by atoms with Crippen molar-refractivity contribution in [3.8, 4) is 17.6 Å². The van der Waals surface area contributed by atoms with Crippen molar-refractivity contribution in [3.63, 3.8) is 0 Å². The fourth-order valence-corrected chi connectivity index (χ4v) is 8.67. The Kier molecular flexibility index (Phi) is 14.4. The summed E-state index contributed by atoms with van der Waals surface area (Å²) in [6.45, 7) is 9.92. The monoisotopic (exact) mass is 774 g/mol. The first-order chi connectivity index (χ1) is 26.5. The summed E-state index contributed by atoms with van der Waals surface area (Å²) in [5, 5.41) is 9.35. The number of nitriles is 1. The highest BCUT2D eigenvalue weighted by atomic mass is 31.2. The van der Waals surface area contributed by atoms with Crippen LogP contribution in [-0.2, 0) is 28.9 Å². The SMILES string of the molecule is COc1ccc(C(OC[C@H]2O[C@@H](n3cc(C)c(=O)[nH]c3=O)[C@H](OC)[C@@H]2O[P@](OCCC#N)N(C(C)C)C(C)C)(c2ccccc2)c2ccc(OC)cc2)cc1. The predicted octanol–water partition coefficient (Wildman–Crippen LogP) is 6.44. The van der Waals surface area contributed by atoms with E-state index >= 15 is 0 Å². The molecule has 0 unspecified atom stereocenters. The number of hydrogen-bond acceptors (Lipinski definition) is 11. The lowest BCUT2D eigenvalue weighted by molar-refractivity contribution is -0.0958. The van der Waals surface area contributed by atoms with Crippen LogP contribution in [0.1, 0.15) is 62.6 Å². The molecular weight excluding hydrogens is 723 g/mol. The standard InChI is InChI=1S/C41H51N4O9P/c1-27(2)45(28(3)4)55(52-24-12-23-42)54-36-35(53-39(37(36)50-8)44-25-29(5)38(46)43-40(44)47)26-51-41(30-13-10-9-11-14-30,31-15-19-33(48-6)20-16-31)32-17-21-34(49-7)22-18-32/h9-11,13-22,25,27-28,35-37,39H,12,24,26H2,1-8H3,(H,43,46,47)/t35-,36-,37-,39-,55+/m1/s1. The van der Waals surface area contributed by atoms with Gasteiger partial charge in [-0.2, -0.15) is 5.26 Å². The molecule has 1 N–H and O–H groups in total. The molecule has 294 valence electrons. The molecule has 2 heterocycles. The Hall–Kier alpha value is -4.38. The van der Waals surface area contributed by atoms with Gasteiger partial charge < -0.3 is 32.7 Å². The van der Waals surface area contributed by atoms with Gasteiger partial charge in [0.05, 0.1) is 39.9 Å². The molecule has 0 saturated carbocycles. The van der Waals surface area contributed by atoms with Gasteiger partial charge in [0, 0.05) is 31.0 Å². The molecule has 5 atom stereocenters. The average molecular weight is 775 g/mol. The Balaban J connectivity index is 1.66. The van der Waals surface area contributed by atoms with E-state index in [0.717, 1.165) is 16.7 Å². The van der Waals surface area contributed by atoms with Crippen molar-refractivity contribution in [2.75, 3.05) is 34.5 Å². The first-order valence-corrected chi connectivity index (χ1v) is 19.4. The van der Waals surface area contributed by atoms with Crippen LogP contribution in [0.5, 0.6) is 11.5 Å². The molecule has 13 nitrogen and oxygen atoms in total. The van der Waals surface area contributed by atoms with E-state index in [1.165, 1.54) is 17.9 Å². The first-order valence-electron chi connectivity index (χ1n) is 18.2. The van der Waals surface area contributed by atoms with Crippen molar-refractivity contribution >= 4 is 8.53 Å². The maximum Gasteiger partial charge on any atom is 0.330 e. The highest BCUT2D eigenvalue weighted by Gasteiger charge is 2.51. The molecule has 0 aliphatic carbocycles. The summed E-state index contributed by atoms with van der Waals surface area (Å²) in [4.78, 5) is 28.1. The van der Waals surface area contributed by atoms with Crippen LogP contribution in [0.2, 0.25) is 0 Å². The fraction of sp³-hybridized carbons (Fsp3) is 0.439. The van der Waals surface area contributed by atoms with Gasteiger partial charge in [-0.1, -0.05) is 54.6 Å². The van der Waals surface area contributed by atoms with Gasteiger partial charge in [-0.15, -0.1) is 0 Å². The highest BCUT2D eigenvalue weighted by Crippen LogP contribution is 2.51. The number of aromatic amines is 1. The Bertz CT molecular complexity index is 1930. The summed E-state index contributed by atoms with van der Waals surface area (Å²) in [5.74, 6) is 1.37. The fourth-order valence-electron chi connectivity index (χ4n) is 6.90. The number of H-pyrrole nitrogens is 1. The smallest absolute Gasteiger partial charge is 0.330 e. The minimum absolute atomic E-state index is 0.0161. The minimum Gasteiger partial charge on any atom is -0.497 e. The number of benzene rings is 3. The van der Waals surface area contributed by atoms with Crippen LogP contribution in [0.25, 0.3) is 0 Å². The van der Waals surface area contributed by atoms with E-state index < -0.39 is 49.9 Å². The van der Waals surface area contributed by atoms with E-state index in [1.807, 2.05) is 78.9 Å². The molecule has 0 radical (unpaired) electrons. The topological polar surface area (TPSA) is 147 Å². The maximum absolute atomic E-state index is 13.3. The molecule has 4 aromatic rings. The van der Waals surface area contributed by atoms with Crippen molar-refractivity contribution in [2.24, 2.45) is 0 Å². The zero-order valence-electron chi connectivity index (χ0n) is 32.6. The molecule has 0 bridgehead atoms. The zero-order valence-corrected chi connectivity index (χ0v) is 33.5. The summed E-state index contributed by atoms with van der Waals surface area (Å²) in [7, 11) is 2.98. The number of aryl methyl sites for hydroxylation is 1. The molecule has 5 rings (SSSR count). The van der Waals surface area contributed by atoms with E-state index in [-0.39, 0.29) is 31.7 Å². The number of methoxy groups -OCH3 is 3. The molecule has 1 aromatic heterocycles. The second kappa shape index (κ2) is 19.0. The molecule has 3 aromatic carbocycles. The quantitative estimate of drug-likeness (QED) is 0.0677. The molecule has 1 saturated heterocycles. The van der Waals surface area contributed by atoms with Crippen molar-refractivity contribution in [3.05, 3.63) is 128 Å². The maximum atomic E-state index is 13.3. The number of ether oxygens (including phenoxy) is 5. The summed E-state index contributed by atoms with van der Waals surface area (Å²) in [6, 6.07) is 27.5. The van der Waals surface area contributed by atoms with Gasteiger partial charge in [-0.25, -0.2) is 9.46 Å². The second-order valence-corrected chi connectivity index (χ2v) is 15.1. The van der Waals surface area contributed by atoms with Gasteiger partial charge in [0.2, 0.25) is 0 Å². The van der Waals surface area contributed by atoms with Crippen molar-refractivity contribution < 1.29 is 32.7 Å². The normalized spacial score (nSPS) is 19.2. The Morgan fingerprint density at radius 1 is 0.873 bits per heavy atom. The summed E-state index contributed by atoms with van der Waals surface area (Å²) in [5.41, 5.74) is 0.477. The third kappa shape index (κ3) is 9.20. The number of rotatable bonds is 18. The Morgan fingerprint density at radius 2 is 1.44 bits per heavy atom. The molecule has 1 fully saturated rings. The van der Waals surface area contributed by atoms with Crippen molar-refractivity contribution in [1.29, 1.82) is 5.26 Å². The van der Waals surface area contributed by atoms with Gasteiger partial charge in [0.25, 0.3) is 14.1 Å². The summed E-state index contributed by atoms with van der Waals surface area (Å²) in [6.07, 6.45) is -1.91. The van der Waals surface area contributed by atoms with Crippen molar-refractivity contribution in [1.82, 2.24) is 14.2 Å². The predicted molar refractivity (Wildman–Crippen MR) is 209 cm³/mol. The molecule has 0 spiro atoms. The van der Waals surface area contributed by atoms with E-state index in [2.05, 4.69) is 43.4 Å². The molecule has 14 heteroatoms. The lowest BCUT2D eigenvalue weighted by Crippen LogP contribution is -2.43. The Labute approximate surface area is 323 Å². The summed E-state index contributed by atoms with van der Waals surface area (Å²) >= 11 is 0. The van der Waals surface area contributed by atoms with E-state index in [9.17, 15) is 14.9 Å². The third-order valence-corrected chi connectivity index (χ3v) is 11.6. The van der Waals surface area contributed by atoms with Crippen LogP contribution in [0, 0.1) is 18.3 Å². The van der Waals surface area contributed by atoms with Crippen LogP contribution in [-0.4, -0.2) is 79.2 Å². The van der Waals surface area contributed by atoms with Gasteiger partial charge >= 0.3 is 5.69 Å². The van der Waals surface area contributed by atoms with Crippen LogP contribution >= 0.6 is 8.53 Å². The van der Waals surface area contributed by atoms with E-state index in [4.69, 9.17) is 32.7 Å². The van der Waals surface area contributed by atoms with Crippen LogP contribution in [0.3, 0.4) is 0 Å². The van der Waals surface area contributed by atoms with Gasteiger partial charge in [-0.05, 0) is 75.6 Å². The molecule has 0 amide bonds. The van der Waals surface area contributed by atoms with Crippen LogP contribution in [0.4, 0.5) is 0 Å². The zero-order chi connectivity index (χ0) is 39.7. The molecule has 1 aliphatic rings. The third-order valence-electron chi connectivity index (χ3n) is 9.49. The largest absolute Gasteiger partial charge is 0.497 e. The average Bonchev–Trinajstić information content (AvgIpc) is 3.53. The molecular formula is C41H51N4O9P. The highest BCUT2D eigenvalue weighted by molar-refractivity contribution is 7.44. The number of nitrogens with zero attached hydrogens (tertiary/aromatic N) is 3. The first kappa shape index (κ1) is 41.8. The minimum atomic E-state index is -1.78. The molecule has 1 aliphatic heterocycles. The number of nitrogens with one attached hydrogen (secondary N) is 1. The Morgan fingerprint density at radius 3 is 1.95 bits per heavy atom. The van der Waals surface area contributed by atoms with Gasteiger partial charge in [0.1, 0.15) is 35.4 Å². The molecule has 55 heavy (non-hydrogen) atoms. The second-order valence-electron chi connectivity index (χ2n) is 13.7. The van der Waals surface area contributed by atoms with E-state index in [1.54, 1.807) is 21.1 Å². The lowest BCUT2D eigenvalue weighted by atomic mass is 9.80. The van der Waals surface area contributed by atoms with Crippen LogP contribution in [0.15, 0.2) is 94.6 Å².